The molecule has 0 aliphatic carbocycles. The molecule has 0 bridgehead atoms. The van der Waals surface area contributed by atoms with Crippen LogP contribution in [0.4, 0.5) is 8.78 Å². The fraction of sp³-hybridized carbons (Fsp3) is 0.250. The van der Waals surface area contributed by atoms with Crippen molar-refractivity contribution in [3.05, 3.63) is 58.7 Å². The number of rotatable bonds is 3. The third kappa shape index (κ3) is 2.96. The summed E-state index contributed by atoms with van der Waals surface area (Å²) in [6.45, 7) is 5.19. The lowest BCUT2D eigenvalue weighted by Gasteiger charge is -2.16. The number of benzene rings is 2. The summed E-state index contributed by atoms with van der Waals surface area (Å²) in [4.78, 5) is 0. The topological polar surface area (TPSA) is 35.2 Å². The van der Waals surface area contributed by atoms with E-state index < -0.39 is 11.9 Å². The van der Waals surface area contributed by atoms with E-state index in [2.05, 4.69) is 0 Å². The summed E-state index contributed by atoms with van der Waals surface area (Å²) in [7, 11) is 0. The molecule has 2 N–H and O–H groups in total. The van der Waals surface area contributed by atoms with E-state index in [9.17, 15) is 8.78 Å². The number of aryl methyl sites for hydroxylation is 2. The average Bonchev–Trinajstić information content (AvgIpc) is 2.37. The van der Waals surface area contributed by atoms with Crippen molar-refractivity contribution in [1.29, 1.82) is 0 Å². The Labute approximate surface area is 117 Å². The highest BCUT2D eigenvalue weighted by molar-refractivity contribution is 5.43. The summed E-state index contributed by atoms with van der Waals surface area (Å²) in [5, 5.41) is 0. The molecule has 0 aromatic heterocycles. The van der Waals surface area contributed by atoms with Gasteiger partial charge in [-0.3, -0.25) is 0 Å². The van der Waals surface area contributed by atoms with Crippen LogP contribution in [0.2, 0.25) is 0 Å². The van der Waals surface area contributed by atoms with Gasteiger partial charge in [0.1, 0.15) is 11.6 Å². The molecule has 2 aromatic carbocycles. The van der Waals surface area contributed by atoms with Gasteiger partial charge in [0.2, 0.25) is 0 Å². The second-order valence-electron chi connectivity index (χ2n) is 4.96. The molecule has 0 unspecified atom stereocenters. The predicted molar refractivity (Wildman–Crippen MR) is 75.0 cm³/mol. The fourth-order valence-electron chi connectivity index (χ4n) is 1.92. The molecule has 2 rings (SSSR count). The van der Waals surface area contributed by atoms with Crippen LogP contribution >= 0.6 is 0 Å². The highest BCUT2D eigenvalue weighted by Crippen LogP contribution is 2.32. The lowest BCUT2D eigenvalue weighted by atomic mass is 10.0. The van der Waals surface area contributed by atoms with Gasteiger partial charge in [0.25, 0.3) is 0 Å². The largest absolute Gasteiger partial charge is 0.454 e. The minimum absolute atomic E-state index is 0.109. The lowest BCUT2D eigenvalue weighted by Crippen LogP contribution is -2.08. The third-order valence-corrected chi connectivity index (χ3v) is 3.09. The Bertz CT molecular complexity index is 639. The van der Waals surface area contributed by atoms with Gasteiger partial charge in [-0.1, -0.05) is 6.07 Å². The Morgan fingerprint density at radius 3 is 2.35 bits per heavy atom. The minimum Gasteiger partial charge on any atom is -0.454 e. The Morgan fingerprint density at radius 1 is 1.00 bits per heavy atom. The van der Waals surface area contributed by atoms with E-state index in [0.717, 1.165) is 5.56 Å². The smallest absolute Gasteiger partial charge is 0.165 e. The molecule has 20 heavy (non-hydrogen) atoms. The van der Waals surface area contributed by atoms with Crippen LogP contribution in [0.25, 0.3) is 0 Å². The molecule has 0 amide bonds. The van der Waals surface area contributed by atoms with Crippen LogP contribution in [0.3, 0.4) is 0 Å². The molecule has 0 heterocycles. The van der Waals surface area contributed by atoms with E-state index in [0.29, 0.717) is 16.9 Å². The van der Waals surface area contributed by atoms with Gasteiger partial charge in [-0.25, -0.2) is 8.78 Å². The summed E-state index contributed by atoms with van der Waals surface area (Å²) < 4.78 is 33.0. The average molecular weight is 277 g/mol. The number of hydrogen-bond acceptors (Lipinski definition) is 2. The molecule has 1 atom stereocenters. The highest BCUT2D eigenvalue weighted by atomic mass is 19.1. The van der Waals surface area contributed by atoms with Crippen LogP contribution in [0.5, 0.6) is 11.5 Å². The van der Waals surface area contributed by atoms with Gasteiger partial charge in [0.05, 0.1) is 0 Å². The van der Waals surface area contributed by atoms with Crippen molar-refractivity contribution in [2.75, 3.05) is 0 Å². The molecule has 0 fully saturated rings. The van der Waals surface area contributed by atoms with Crippen LogP contribution in [-0.4, -0.2) is 0 Å². The Morgan fingerprint density at radius 2 is 1.70 bits per heavy atom. The summed E-state index contributed by atoms with van der Waals surface area (Å²) in [6.07, 6.45) is 0. The summed E-state index contributed by atoms with van der Waals surface area (Å²) in [5.41, 5.74) is 7.63. The van der Waals surface area contributed by atoms with Crippen molar-refractivity contribution in [1.82, 2.24) is 0 Å². The van der Waals surface area contributed by atoms with Crippen LogP contribution < -0.4 is 10.5 Å². The first-order valence-electron chi connectivity index (χ1n) is 6.38. The van der Waals surface area contributed by atoms with Crippen LogP contribution in [0, 0.1) is 25.5 Å². The number of halogens is 2. The third-order valence-electron chi connectivity index (χ3n) is 3.09. The first-order chi connectivity index (χ1) is 9.38. The van der Waals surface area contributed by atoms with E-state index in [4.69, 9.17) is 10.5 Å². The molecule has 106 valence electrons. The Balaban J connectivity index is 2.47. The normalized spacial score (nSPS) is 12.3. The monoisotopic (exact) mass is 277 g/mol. The molecule has 0 radical (unpaired) electrons. The standard InChI is InChI=1S/C16H17F2NO/c1-9-4-5-13(17)16(6-9)20-15-7-10(2)14(18)8-12(15)11(3)19/h4-8,11H,19H2,1-3H3/t11-/m0/s1. The zero-order valence-corrected chi connectivity index (χ0v) is 11.7. The zero-order chi connectivity index (χ0) is 14.9. The van der Waals surface area contributed by atoms with E-state index in [1.165, 1.54) is 18.2 Å². The maximum atomic E-state index is 13.7. The number of ether oxygens (including phenoxy) is 1. The molecule has 4 heteroatoms. The van der Waals surface area contributed by atoms with E-state index >= 15 is 0 Å². The quantitative estimate of drug-likeness (QED) is 0.902. The fourth-order valence-corrected chi connectivity index (χ4v) is 1.92. The second-order valence-corrected chi connectivity index (χ2v) is 4.96. The van der Waals surface area contributed by atoms with E-state index in [1.807, 2.05) is 6.92 Å². The maximum Gasteiger partial charge on any atom is 0.165 e. The van der Waals surface area contributed by atoms with Crippen LogP contribution in [0.1, 0.15) is 29.7 Å². The Hall–Kier alpha value is -1.94. The van der Waals surface area contributed by atoms with Crippen LogP contribution in [-0.2, 0) is 0 Å². The van der Waals surface area contributed by atoms with Gasteiger partial charge in [-0.2, -0.15) is 0 Å². The van der Waals surface area contributed by atoms with Gasteiger partial charge in [0, 0.05) is 11.6 Å². The molecule has 0 aliphatic rings. The predicted octanol–water partition coefficient (Wildman–Crippen LogP) is 4.39. The maximum absolute atomic E-state index is 13.7. The van der Waals surface area contributed by atoms with E-state index in [1.54, 1.807) is 26.0 Å². The van der Waals surface area contributed by atoms with Gasteiger partial charge in [0.15, 0.2) is 11.6 Å². The SMILES string of the molecule is Cc1ccc(F)c(Oc2cc(C)c(F)cc2[C@H](C)N)c1. The molecule has 0 aliphatic heterocycles. The molecule has 0 saturated heterocycles. The molecule has 0 saturated carbocycles. The van der Waals surface area contributed by atoms with E-state index in [-0.39, 0.29) is 11.6 Å². The summed E-state index contributed by atoms with van der Waals surface area (Å²) in [6, 6.07) is 7.06. The van der Waals surface area contributed by atoms with Crippen molar-refractivity contribution < 1.29 is 13.5 Å². The van der Waals surface area contributed by atoms with Gasteiger partial charge >= 0.3 is 0 Å². The molecule has 2 nitrogen and oxygen atoms in total. The van der Waals surface area contributed by atoms with Gasteiger partial charge in [-0.15, -0.1) is 0 Å². The van der Waals surface area contributed by atoms with Crippen molar-refractivity contribution in [3.8, 4) is 11.5 Å². The summed E-state index contributed by atoms with van der Waals surface area (Å²) >= 11 is 0. The Kier molecular flexibility index (Phi) is 4.04. The second kappa shape index (κ2) is 5.59. The van der Waals surface area contributed by atoms with Crippen LogP contribution in [0.15, 0.2) is 30.3 Å². The van der Waals surface area contributed by atoms with Gasteiger partial charge in [-0.05, 0) is 56.2 Å². The number of hydrogen-bond donors (Lipinski definition) is 1. The van der Waals surface area contributed by atoms with Crippen molar-refractivity contribution >= 4 is 0 Å². The zero-order valence-electron chi connectivity index (χ0n) is 11.7. The first kappa shape index (κ1) is 14.5. The molecule has 2 aromatic rings. The molecule has 0 spiro atoms. The number of nitrogens with two attached hydrogens (primary N) is 1. The first-order valence-corrected chi connectivity index (χ1v) is 6.38. The highest BCUT2D eigenvalue weighted by Gasteiger charge is 2.14. The van der Waals surface area contributed by atoms with Crippen molar-refractivity contribution in [2.24, 2.45) is 5.73 Å². The van der Waals surface area contributed by atoms with Gasteiger partial charge < -0.3 is 10.5 Å². The minimum atomic E-state index is -0.465. The van der Waals surface area contributed by atoms with Crippen molar-refractivity contribution in [3.63, 3.8) is 0 Å². The molecular weight excluding hydrogens is 260 g/mol. The summed E-state index contributed by atoms with van der Waals surface area (Å²) in [5.74, 6) is -0.330. The van der Waals surface area contributed by atoms with Crippen molar-refractivity contribution in [2.45, 2.75) is 26.8 Å². The lowest BCUT2D eigenvalue weighted by molar-refractivity contribution is 0.432. The molecular formula is C16H17F2NO.